The Morgan fingerprint density at radius 1 is 1.14 bits per heavy atom. The molecule has 1 saturated heterocycles. The maximum absolute atomic E-state index is 12.9. The summed E-state index contributed by atoms with van der Waals surface area (Å²) in [7, 11) is 1.60. The molecule has 3 aromatic rings. The topological polar surface area (TPSA) is 107 Å². The Hall–Kier alpha value is -2.96. The summed E-state index contributed by atoms with van der Waals surface area (Å²) in [6.45, 7) is 15.4. The molecule has 232 valence electrons. The van der Waals surface area contributed by atoms with Crippen LogP contribution in [0.3, 0.4) is 0 Å². The molecule has 1 aliphatic rings. The van der Waals surface area contributed by atoms with Crippen molar-refractivity contribution < 1.29 is 19.4 Å². The number of nitrogens with zero attached hydrogens (tertiary/aromatic N) is 3. The molecule has 2 atom stereocenters. The van der Waals surface area contributed by atoms with E-state index in [9.17, 15) is 14.7 Å². The van der Waals surface area contributed by atoms with Gasteiger partial charge in [-0.2, -0.15) is 0 Å². The molecule has 3 N–H and O–H groups in total. The third-order valence-electron chi connectivity index (χ3n) is 7.95. The van der Waals surface area contributed by atoms with Crippen LogP contribution in [0, 0.1) is 12.3 Å². The quantitative estimate of drug-likeness (QED) is 0.270. The largest absolute Gasteiger partial charge is 0.496 e. The molecule has 1 fully saturated rings. The van der Waals surface area contributed by atoms with Gasteiger partial charge in [-0.15, -0.1) is 0 Å². The Kier molecular flexibility index (Phi) is 10.9. The van der Waals surface area contributed by atoms with E-state index in [2.05, 4.69) is 43.3 Å². The molecule has 2 amide bonds. The molecule has 1 aliphatic heterocycles. The van der Waals surface area contributed by atoms with Gasteiger partial charge in [0.1, 0.15) is 12.0 Å². The molecule has 0 bridgehead atoms. The van der Waals surface area contributed by atoms with E-state index < -0.39 is 6.23 Å². The molecule has 1 aromatic heterocycles. The van der Waals surface area contributed by atoms with Gasteiger partial charge in [-0.1, -0.05) is 56.0 Å². The lowest BCUT2D eigenvalue weighted by Gasteiger charge is -2.37. The maximum Gasteiger partial charge on any atom is 0.257 e. The minimum absolute atomic E-state index is 0.0491. The van der Waals surface area contributed by atoms with Gasteiger partial charge in [0.05, 0.1) is 17.5 Å². The summed E-state index contributed by atoms with van der Waals surface area (Å²) >= 11 is 2.93. The maximum atomic E-state index is 12.9. The van der Waals surface area contributed by atoms with Gasteiger partial charge >= 0.3 is 0 Å². The van der Waals surface area contributed by atoms with Gasteiger partial charge < -0.3 is 20.1 Å². The molecule has 2 heterocycles. The average molecular weight is 626 g/mol. The summed E-state index contributed by atoms with van der Waals surface area (Å²) < 4.78 is 6.53. The number of carbonyl (C=O) groups excluding carboxylic acids is 2. The van der Waals surface area contributed by atoms with Gasteiger partial charge in [0.2, 0.25) is 5.91 Å². The molecule has 2 aromatic carbocycles. The second-order valence-corrected chi connectivity index (χ2v) is 14.4. The number of carbonyl (C=O) groups is 2. The Labute approximate surface area is 263 Å². The second-order valence-electron chi connectivity index (χ2n) is 12.0. The Morgan fingerprint density at radius 3 is 2.42 bits per heavy atom. The number of piperazine rings is 1. The van der Waals surface area contributed by atoms with Crippen molar-refractivity contribution in [3.8, 4) is 5.75 Å². The van der Waals surface area contributed by atoms with Crippen LogP contribution in [0.15, 0.2) is 51.7 Å². The Morgan fingerprint density at radius 2 is 1.81 bits per heavy atom. The number of benzene rings is 2. The molecule has 11 heteroatoms. The Bertz CT molecular complexity index is 1410. The third-order valence-corrected chi connectivity index (χ3v) is 10.1. The minimum atomic E-state index is -0.857. The van der Waals surface area contributed by atoms with Gasteiger partial charge in [-0.25, -0.2) is 4.98 Å². The first-order valence-corrected chi connectivity index (χ1v) is 16.1. The van der Waals surface area contributed by atoms with E-state index >= 15 is 0 Å². The van der Waals surface area contributed by atoms with Crippen LogP contribution < -0.4 is 15.4 Å². The fourth-order valence-electron chi connectivity index (χ4n) is 4.64. The number of hydrogen-bond donors (Lipinski definition) is 3. The van der Waals surface area contributed by atoms with Crippen molar-refractivity contribution in [3.05, 3.63) is 64.8 Å². The van der Waals surface area contributed by atoms with Crippen molar-refractivity contribution in [3.63, 3.8) is 0 Å². The monoisotopic (exact) mass is 625 g/mol. The van der Waals surface area contributed by atoms with Gasteiger partial charge in [0.25, 0.3) is 5.91 Å². The number of aromatic nitrogens is 1. The van der Waals surface area contributed by atoms with Crippen molar-refractivity contribution in [1.29, 1.82) is 0 Å². The number of ether oxygens (including phenoxy) is 1. The summed E-state index contributed by atoms with van der Waals surface area (Å²) in [4.78, 5) is 33.7. The van der Waals surface area contributed by atoms with Gasteiger partial charge in [-0.05, 0) is 54.7 Å². The number of thiazole rings is 1. The van der Waals surface area contributed by atoms with Gasteiger partial charge in [-0.3, -0.25) is 19.8 Å². The SMILES string of the molecule is COc1cc(C)c(Sc2cnc(NC(=O)c3ccc(CNC(C)C(C)(C)C)cc3)s2)cc1C(O)N1CCN(C(C)=O)CC1. The van der Waals surface area contributed by atoms with E-state index in [0.717, 1.165) is 26.8 Å². The fourth-order valence-corrected chi connectivity index (χ4v) is 6.58. The highest BCUT2D eigenvalue weighted by Gasteiger charge is 2.27. The molecule has 4 rings (SSSR count). The van der Waals surface area contributed by atoms with Gasteiger partial charge in [0.15, 0.2) is 5.13 Å². The molecule has 2 unspecified atom stereocenters. The number of methoxy groups -OCH3 is 1. The number of aliphatic hydroxyl groups is 1. The molecule has 0 saturated carbocycles. The van der Waals surface area contributed by atoms with E-state index in [1.54, 1.807) is 25.1 Å². The van der Waals surface area contributed by atoms with Crippen molar-refractivity contribution in [1.82, 2.24) is 20.1 Å². The van der Waals surface area contributed by atoms with E-state index in [0.29, 0.717) is 54.2 Å². The first kappa shape index (κ1) is 32.9. The lowest BCUT2D eigenvalue weighted by Crippen LogP contribution is -2.49. The predicted octanol–water partition coefficient (Wildman–Crippen LogP) is 5.54. The zero-order chi connectivity index (χ0) is 31.3. The third kappa shape index (κ3) is 8.57. The van der Waals surface area contributed by atoms with Crippen LogP contribution in [0.25, 0.3) is 0 Å². The number of amides is 2. The van der Waals surface area contributed by atoms with Crippen LogP contribution in [-0.2, 0) is 11.3 Å². The lowest BCUT2D eigenvalue weighted by molar-refractivity contribution is -0.132. The van der Waals surface area contributed by atoms with Crippen molar-refractivity contribution in [2.45, 2.75) is 69.5 Å². The van der Waals surface area contributed by atoms with E-state index in [4.69, 9.17) is 4.74 Å². The first-order chi connectivity index (χ1) is 20.3. The number of hydrogen-bond acceptors (Lipinski definition) is 9. The highest BCUT2D eigenvalue weighted by molar-refractivity contribution is 8.01. The van der Waals surface area contributed by atoms with Crippen molar-refractivity contribution >= 4 is 40.0 Å². The van der Waals surface area contributed by atoms with Crippen LogP contribution in [0.4, 0.5) is 5.13 Å². The van der Waals surface area contributed by atoms with Crippen molar-refractivity contribution in [2.75, 3.05) is 38.6 Å². The smallest absolute Gasteiger partial charge is 0.257 e. The molecule has 43 heavy (non-hydrogen) atoms. The van der Waals surface area contributed by atoms with Crippen LogP contribution in [-0.4, -0.2) is 71.0 Å². The standard InChI is InChI=1S/C32H43N5O4S2/c1-20-16-26(41-7)25(30(40)37-14-12-36(13-15-37)22(3)38)17-27(20)42-28-19-34-31(43-28)35-29(39)24-10-8-23(9-11-24)18-33-21(2)32(4,5)6/h8-11,16-17,19,21,30,33,40H,12-15,18H2,1-7H3,(H,34,35,39). The first-order valence-electron chi connectivity index (χ1n) is 14.5. The summed E-state index contributed by atoms with van der Waals surface area (Å²) in [5.74, 6) is 0.462. The van der Waals surface area contributed by atoms with E-state index in [1.165, 1.54) is 23.1 Å². The second kappa shape index (κ2) is 14.2. The molecular weight excluding hydrogens is 583 g/mol. The predicted molar refractivity (Wildman–Crippen MR) is 173 cm³/mol. The molecule has 0 spiro atoms. The number of anilines is 1. The number of nitrogens with one attached hydrogen (secondary N) is 2. The fraction of sp³-hybridized carbons (Fsp3) is 0.469. The molecule has 0 radical (unpaired) electrons. The number of aryl methyl sites for hydroxylation is 1. The highest BCUT2D eigenvalue weighted by Crippen LogP contribution is 2.40. The molecule has 9 nitrogen and oxygen atoms in total. The molecular formula is C32H43N5O4S2. The summed E-state index contributed by atoms with van der Waals surface area (Å²) in [5, 5.41) is 18.2. The van der Waals surface area contributed by atoms with Crippen molar-refractivity contribution in [2.24, 2.45) is 5.41 Å². The zero-order valence-corrected chi connectivity index (χ0v) is 27.7. The van der Waals surface area contributed by atoms with Crippen LogP contribution >= 0.6 is 23.1 Å². The zero-order valence-electron chi connectivity index (χ0n) is 26.1. The summed E-state index contributed by atoms with van der Waals surface area (Å²) in [6.07, 6.45) is 0.890. The number of rotatable bonds is 10. The summed E-state index contributed by atoms with van der Waals surface area (Å²) in [6, 6.07) is 11.9. The van der Waals surface area contributed by atoms with E-state index in [1.807, 2.05) is 48.2 Å². The molecule has 0 aliphatic carbocycles. The highest BCUT2D eigenvalue weighted by atomic mass is 32.2. The average Bonchev–Trinajstić information content (AvgIpc) is 3.42. The van der Waals surface area contributed by atoms with Crippen LogP contribution in [0.5, 0.6) is 5.75 Å². The van der Waals surface area contributed by atoms with Crippen LogP contribution in [0.2, 0.25) is 0 Å². The van der Waals surface area contributed by atoms with Gasteiger partial charge in [0, 0.05) is 61.7 Å². The minimum Gasteiger partial charge on any atom is -0.496 e. The van der Waals surface area contributed by atoms with E-state index in [-0.39, 0.29) is 17.2 Å². The van der Waals surface area contributed by atoms with Crippen LogP contribution in [0.1, 0.15) is 67.9 Å². The Balaban J connectivity index is 1.39. The normalized spacial score (nSPS) is 15.7. The summed E-state index contributed by atoms with van der Waals surface area (Å²) in [5.41, 5.74) is 3.55. The number of aliphatic hydroxyl groups excluding tert-OH is 1. The lowest BCUT2D eigenvalue weighted by atomic mass is 9.88.